The van der Waals surface area contributed by atoms with Crippen LogP contribution in [0.1, 0.15) is 10.4 Å². The molecule has 0 aliphatic carbocycles. The summed E-state index contributed by atoms with van der Waals surface area (Å²) in [5.74, 6) is -0.999. The number of amides is 1. The molecule has 0 aliphatic heterocycles. The van der Waals surface area contributed by atoms with Crippen LogP contribution in [-0.4, -0.2) is 35.2 Å². The zero-order valence-corrected chi connectivity index (χ0v) is 10.1. The lowest BCUT2D eigenvalue weighted by molar-refractivity contribution is -0.00271. The van der Waals surface area contributed by atoms with Gasteiger partial charge in [0.05, 0.1) is 5.56 Å². The highest BCUT2D eigenvalue weighted by atomic mass is 79.9. The molecule has 17 heavy (non-hydrogen) atoms. The van der Waals surface area contributed by atoms with Crippen molar-refractivity contribution in [2.45, 2.75) is 12.5 Å². The molecule has 0 saturated heterocycles. The highest BCUT2D eigenvalue weighted by Gasteiger charge is 2.19. The number of phenolic OH excluding ortho intramolecular Hbond substituents is 1. The molecule has 7 heteroatoms. The molecule has 0 fully saturated rings. The predicted octanol–water partition coefficient (Wildman–Crippen LogP) is 1.51. The topological polar surface area (TPSA) is 69.6 Å². The first-order valence-corrected chi connectivity index (χ1v) is 5.44. The van der Waals surface area contributed by atoms with E-state index in [0.29, 0.717) is 4.47 Å². The van der Waals surface area contributed by atoms with E-state index in [-0.39, 0.29) is 11.3 Å². The molecule has 3 N–H and O–H groups in total. The monoisotopic (exact) mass is 309 g/mol. The Kier molecular flexibility index (Phi) is 4.83. The Bertz CT molecular complexity index is 415. The zero-order chi connectivity index (χ0) is 13.0. The number of alkyl halides is 2. The molecule has 1 unspecified atom stereocenters. The number of carbonyl (C=O) groups excluding carboxylic acids is 1. The molecular formula is C10H10BrF2NO3. The van der Waals surface area contributed by atoms with Crippen LogP contribution in [0.25, 0.3) is 0 Å². The van der Waals surface area contributed by atoms with Crippen LogP contribution >= 0.6 is 15.9 Å². The van der Waals surface area contributed by atoms with Crippen LogP contribution in [0.15, 0.2) is 22.7 Å². The van der Waals surface area contributed by atoms with Crippen molar-refractivity contribution in [1.82, 2.24) is 5.32 Å². The molecule has 0 saturated carbocycles. The van der Waals surface area contributed by atoms with E-state index >= 15 is 0 Å². The molecule has 94 valence electrons. The van der Waals surface area contributed by atoms with Crippen molar-refractivity contribution in [2.75, 3.05) is 6.54 Å². The van der Waals surface area contributed by atoms with Crippen LogP contribution in [0, 0.1) is 0 Å². The number of hydrogen-bond acceptors (Lipinski definition) is 3. The van der Waals surface area contributed by atoms with Gasteiger partial charge in [0, 0.05) is 11.0 Å². The second-order valence-corrected chi connectivity index (χ2v) is 4.19. The highest BCUT2D eigenvalue weighted by molar-refractivity contribution is 9.10. The maximum absolute atomic E-state index is 12.0. The zero-order valence-electron chi connectivity index (χ0n) is 8.53. The van der Waals surface area contributed by atoms with Gasteiger partial charge in [0.25, 0.3) is 12.3 Å². The fraction of sp³-hybridized carbons (Fsp3) is 0.300. The number of aliphatic hydroxyl groups excluding tert-OH is 1. The van der Waals surface area contributed by atoms with Gasteiger partial charge in [0.2, 0.25) is 0 Å². The summed E-state index contributed by atoms with van der Waals surface area (Å²) in [6.07, 6.45) is -4.85. The predicted molar refractivity (Wildman–Crippen MR) is 60.2 cm³/mol. The van der Waals surface area contributed by atoms with Crippen molar-refractivity contribution in [3.63, 3.8) is 0 Å². The normalized spacial score (nSPS) is 12.5. The largest absolute Gasteiger partial charge is 0.507 e. The summed E-state index contributed by atoms with van der Waals surface area (Å²) in [5.41, 5.74) is -0.0548. The molecule has 1 aromatic carbocycles. The van der Waals surface area contributed by atoms with Crippen LogP contribution in [0.3, 0.4) is 0 Å². The Hall–Kier alpha value is -1.21. The number of phenols is 1. The quantitative estimate of drug-likeness (QED) is 0.789. The summed E-state index contributed by atoms with van der Waals surface area (Å²) < 4.78 is 24.5. The van der Waals surface area contributed by atoms with Gasteiger partial charge in [0.1, 0.15) is 11.9 Å². The van der Waals surface area contributed by atoms with Crippen LogP contribution in [0.2, 0.25) is 0 Å². The Labute approximate surface area is 104 Å². The van der Waals surface area contributed by atoms with Crippen LogP contribution < -0.4 is 5.32 Å². The average molecular weight is 310 g/mol. The van der Waals surface area contributed by atoms with E-state index in [0.717, 1.165) is 0 Å². The third-order valence-electron chi connectivity index (χ3n) is 1.97. The number of aromatic hydroxyl groups is 1. The molecular weight excluding hydrogens is 300 g/mol. The van der Waals surface area contributed by atoms with Gasteiger partial charge >= 0.3 is 0 Å². The first-order chi connectivity index (χ1) is 7.91. The standard InChI is InChI=1S/C10H10BrF2NO3/c11-5-1-2-7(15)6(3-5)10(17)14-4-8(16)9(12)13/h1-3,8-9,15-16H,4H2,(H,14,17). The van der Waals surface area contributed by atoms with Gasteiger partial charge in [-0.05, 0) is 18.2 Å². The van der Waals surface area contributed by atoms with Crippen molar-refractivity contribution in [2.24, 2.45) is 0 Å². The molecule has 0 heterocycles. The van der Waals surface area contributed by atoms with E-state index < -0.39 is 25.0 Å². The molecule has 0 radical (unpaired) electrons. The lowest BCUT2D eigenvalue weighted by atomic mass is 10.2. The summed E-state index contributed by atoms with van der Waals surface area (Å²) >= 11 is 3.11. The molecule has 0 aromatic heterocycles. The van der Waals surface area contributed by atoms with Gasteiger partial charge < -0.3 is 15.5 Å². The maximum atomic E-state index is 12.0. The number of rotatable bonds is 4. The second kappa shape index (κ2) is 5.92. The number of nitrogens with one attached hydrogen (secondary N) is 1. The van der Waals surface area contributed by atoms with E-state index in [2.05, 4.69) is 21.2 Å². The fourth-order valence-corrected chi connectivity index (χ4v) is 1.43. The summed E-state index contributed by atoms with van der Waals surface area (Å²) in [4.78, 5) is 11.5. The fourth-order valence-electron chi connectivity index (χ4n) is 1.07. The minimum atomic E-state index is -2.92. The minimum Gasteiger partial charge on any atom is -0.507 e. The molecule has 1 aromatic rings. The maximum Gasteiger partial charge on any atom is 0.265 e. The van der Waals surface area contributed by atoms with Crippen molar-refractivity contribution < 1.29 is 23.8 Å². The van der Waals surface area contributed by atoms with Crippen molar-refractivity contribution in [1.29, 1.82) is 0 Å². The molecule has 1 amide bonds. The molecule has 0 spiro atoms. The molecule has 0 aliphatic rings. The summed E-state index contributed by atoms with van der Waals surface area (Å²) in [7, 11) is 0. The third kappa shape index (κ3) is 3.94. The van der Waals surface area contributed by atoms with Crippen LogP contribution in [0.5, 0.6) is 5.75 Å². The first-order valence-electron chi connectivity index (χ1n) is 4.64. The number of hydrogen-bond donors (Lipinski definition) is 3. The van der Waals surface area contributed by atoms with Gasteiger partial charge in [-0.2, -0.15) is 0 Å². The summed E-state index contributed by atoms with van der Waals surface area (Å²) in [6, 6.07) is 4.17. The van der Waals surface area contributed by atoms with Gasteiger partial charge in [-0.25, -0.2) is 8.78 Å². The van der Waals surface area contributed by atoms with E-state index in [1.54, 1.807) is 0 Å². The van der Waals surface area contributed by atoms with Crippen molar-refractivity contribution >= 4 is 21.8 Å². The average Bonchev–Trinajstić information content (AvgIpc) is 2.28. The van der Waals surface area contributed by atoms with Gasteiger partial charge in [-0.15, -0.1) is 0 Å². The van der Waals surface area contributed by atoms with Crippen LogP contribution in [-0.2, 0) is 0 Å². The van der Waals surface area contributed by atoms with Crippen molar-refractivity contribution in [3.8, 4) is 5.75 Å². The molecule has 0 bridgehead atoms. The summed E-state index contributed by atoms with van der Waals surface area (Å²) in [6.45, 7) is -0.581. The Balaban J connectivity index is 2.67. The number of carbonyl (C=O) groups is 1. The molecule has 4 nitrogen and oxygen atoms in total. The molecule has 1 atom stereocenters. The third-order valence-corrected chi connectivity index (χ3v) is 2.46. The van der Waals surface area contributed by atoms with E-state index in [1.165, 1.54) is 18.2 Å². The Morgan fingerprint density at radius 3 is 2.71 bits per heavy atom. The summed E-state index contributed by atoms with van der Waals surface area (Å²) in [5, 5.41) is 20.3. The van der Waals surface area contributed by atoms with E-state index in [1.807, 2.05) is 0 Å². The smallest absolute Gasteiger partial charge is 0.265 e. The molecule has 1 rings (SSSR count). The Morgan fingerprint density at radius 2 is 2.12 bits per heavy atom. The van der Waals surface area contributed by atoms with E-state index in [4.69, 9.17) is 5.11 Å². The lowest BCUT2D eigenvalue weighted by Crippen LogP contribution is -2.35. The number of aliphatic hydroxyl groups is 1. The highest BCUT2D eigenvalue weighted by Crippen LogP contribution is 2.21. The SMILES string of the molecule is O=C(NCC(O)C(F)F)c1cc(Br)ccc1O. The van der Waals surface area contributed by atoms with Crippen LogP contribution in [0.4, 0.5) is 8.78 Å². The first kappa shape index (κ1) is 13.9. The minimum absolute atomic E-state index is 0.0548. The number of halogens is 3. The van der Waals surface area contributed by atoms with Gasteiger partial charge in [-0.1, -0.05) is 15.9 Å². The Morgan fingerprint density at radius 1 is 1.47 bits per heavy atom. The van der Waals surface area contributed by atoms with Gasteiger partial charge in [0.15, 0.2) is 0 Å². The van der Waals surface area contributed by atoms with E-state index in [9.17, 15) is 18.7 Å². The van der Waals surface area contributed by atoms with Crippen molar-refractivity contribution in [3.05, 3.63) is 28.2 Å². The lowest BCUT2D eigenvalue weighted by Gasteiger charge is -2.11. The number of benzene rings is 1. The second-order valence-electron chi connectivity index (χ2n) is 3.27. The van der Waals surface area contributed by atoms with Gasteiger partial charge in [-0.3, -0.25) is 4.79 Å².